The Labute approximate surface area is 105 Å². The fourth-order valence-electron chi connectivity index (χ4n) is 1.87. The number of nitrogens with one attached hydrogen (secondary N) is 1. The summed E-state index contributed by atoms with van der Waals surface area (Å²) in [6.45, 7) is 2.06. The van der Waals surface area contributed by atoms with E-state index in [2.05, 4.69) is 5.32 Å². The van der Waals surface area contributed by atoms with Crippen molar-refractivity contribution in [1.29, 1.82) is 0 Å². The van der Waals surface area contributed by atoms with Crippen molar-refractivity contribution < 1.29 is 12.8 Å². The maximum Gasteiger partial charge on any atom is 0.156 e. The molecule has 6 heteroatoms. The third-order valence-electron chi connectivity index (χ3n) is 3.00. The first-order valence-electron chi connectivity index (χ1n) is 5.30. The Kier molecular flexibility index (Phi) is 3.43. The topological polar surface area (TPSA) is 46.2 Å². The molecule has 1 heterocycles. The Morgan fingerprint density at radius 1 is 1.47 bits per heavy atom. The van der Waals surface area contributed by atoms with Crippen LogP contribution in [0.4, 0.5) is 4.39 Å². The van der Waals surface area contributed by atoms with Crippen LogP contribution in [0, 0.1) is 5.82 Å². The molecule has 94 valence electrons. The predicted molar refractivity (Wildman–Crippen MR) is 65.4 cm³/mol. The van der Waals surface area contributed by atoms with Crippen molar-refractivity contribution in [3.8, 4) is 0 Å². The molecule has 0 radical (unpaired) electrons. The molecule has 1 N–H and O–H groups in total. The van der Waals surface area contributed by atoms with Crippen LogP contribution in [0.2, 0.25) is 5.02 Å². The van der Waals surface area contributed by atoms with Gasteiger partial charge in [-0.3, -0.25) is 0 Å². The molecule has 0 bridgehead atoms. The molecule has 0 aliphatic carbocycles. The zero-order valence-electron chi connectivity index (χ0n) is 9.28. The molecule has 1 aliphatic heterocycles. The van der Waals surface area contributed by atoms with Gasteiger partial charge in [-0.15, -0.1) is 0 Å². The summed E-state index contributed by atoms with van der Waals surface area (Å²) in [7, 11) is -3.10. The summed E-state index contributed by atoms with van der Waals surface area (Å²) in [5.74, 6) is -0.426. The van der Waals surface area contributed by atoms with Crippen molar-refractivity contribution in [2.45, 2.75) is 18.2 Å². The van der Waals surface area contributed by atoms with Crippen LogP contribution in [0.25, 0.3) is 0 Å². The molecular weight excluding hydrogens is 265 g/mol. The average molecular weight is 278 g/mol. The van der Waals surface area contributed by atoms with Crippen LogP contribution in [0.15, 0.2) is 18.2 Å². The smallest absolute Gasteiger partial charge is 0.156 e. The normalized spacial score (nSPS) is 27.9. The summed E-state index contributed by atoms with van der Waals surface area (Å²) in [4.78, 5) is 0. The average Bonchev–Trinajstić information content (AvgIpc) is 2.22. The third kappa shape index (κ3) is 2.61. The molecule has 3 nitrogen and oxygen atoms in total. The van der Waals surface area contributed by atoms with Crippen molar-refractivity contribution in [3.05, 3.63) is 34.6 Å². The first-order valence-corrected chi connectivity index (χ1v) is 7.39. The Hall–Kier alpha value is -0.650. The van der Waals surface area contributed by atoms with E-state index < -0.39 is 20.9 Å². The van der Waals surface area contributed by atoms with Gasteiger partial charge in [-0.2, -0.15) is 0 Å². The second-order valence-corrected chi connectivity index (χ2v) is 7.14. The van der Waals surface area contributed by atoms with E-state index in [-0.39, 0.29) is 16.8 Å². The molecule has 0 amide bonds. The molecule has 17 heavy (non-hydrogen) atoms. The number of halogens is 2. The van der Waals surface area contributed by atoms with Crippen LogP contribution in [0.5, 0.6) is 0 Å². The van der Waals surface area contributed by atoms with Gasteiger partial charge < -0.3 is 5.32 Å². The van der Waals surface area contributed by atoms with E-state index in [0.29, 0.717) is 12.1 Å². The highest BCUT2D eigenvalue weighted by Crippen LogP contribution is 2.28. The van der Waals surface area contributed by atoms with Gasteiger partial charge in [0.05, 0.1) is 11.0 Å². The maximum absolute atomic E-state index is 12.9. The Morgan fingerprint density at radius 2 is 2.18 bits per heavy atom. The van der Waals surface area contributed by atoms with Gasteiger partial charge in [0.2, 0.25) is 0 Å². The molecule has 2 unspecified atom stereocenters. The largest absolute Gasteiger partial charge is 0.308 e. The van der Waals surface area contributed by atoms with Crippen LogP contribution in [0.3, 0.4) is 0 Å². The Morgan fingerprint density at radius 3 is 2.76 bits per heavy atom. The van der Waals surface area contributed by atoms with Gasteiger partial charge >= 0.3 is 0 Å². The molecule has 0 aromatic heterocycles. The van der Waals surface area contributed by atoms with Crippen molar-refractivity contribution in [2.24, 2.45) is 0 Å². The standard InChI is InChI=1S/C11H13ClFNO2S/c1-7-5-14-11(6-17(7,15)16)9-3-2-8(13)4-10(9)12/h2-4,7,11,14H,5-6H2,1H3. The first kappa shape index (κ1) is 12.8. The second kappa shape index (κ2) is 4.55. The summed E-state index contributed by atoms with van der Waals surface area (Å²) >= 11 is 5.92. The molecule has 1 saturated heterocycles. The van der Waals surface area contributed by atoms with E-state index >= 15 is 0 Å². The van der Waals surface area contributed by atoms with Crippen molar-refractivity contribution >= 4 is 21.4 Å². The predicted octanol–water partition coefficient (Wildman–Crippen LogP) is 1.93. The monoisotopic (exact) mass is 277 g/mol. The second-order valence-electron chi connectivity index (χ2n) is 4.27. The van der Waals surface area contributed by atoms with E-state index in [1.807, 2.05) is 0 Å². The summed E-state index contributed by atoms with van der Waals surface area (Å²) in [6, 6.07) is 3.65. The molecule has 1 fully saturated rings. The quantitative estimate of drug-likeness (QED) is 0.853. The first-order chi connectivity index (χ1) is 7.90. The van der Waals surface area contributed by atoms with E-state index in [1.54, 1.807) is 6.92 Å². The molecular formula is C11H13ClFNO2S. The minimum absolute atomic E-state index is 0.000477. The molecule has 1 aromatic rings. The Balaban J connectivity index is 2.30. The van der Waals surface area contributed by atoms with Gasteiger partial charge in [-0.05, 0) is 24.6 Å². The number of hydrogen-bond acceptors (Lipinski definition) is 3. The highest BCUT2D eigenvalue weighted by Gasteiger charge is 2.32. The van der Waals surface area contributed by atoms with Gasteiger partial charge in [0.25, 0.3) is 0 Å². The van der Waals surface area contributed by atoms with E-state index in [1.165, 1.54) is 18.2 Å². The fraction of sp³-hybridized carbons (Fsp3) is 0.455. The maximum atomic E-state index is 12.9. The number of benzene rings is 1. The molecule has 2 atom stereocenters. The Bertz CT molecular complexity index is 532. The number of sulfone groups is 1. The van der Waals surface area contributed by atoms with Crippen LogP contribution in [-0.4, -0.2) is 26.0 Å². The zero-order valence-corrected chi connectivity index (χ0v) is 10.9. The van der Waals surface area contributed by atoms with Crippen LogP contribution >= 0.6 is 11.6 Å². The van der Waals surface area contributed by atoms with Gasteiger partial charge in [0, 0.05) is 17.6 Å². The third-order valence-corrected chi connectivity index (χ3v) is 5.52. The fourth-order valence-corrected chi connectivity index (χ4v) is 3.61. The van der Waals surface area contributed by atoms with Crippen molar-refractivity contribution in [3.63, 3.8) is 0 Å². The lowest BCUT2D eigenvalue weighted by Gasteiger charge is -2.28. The van der Waals surface area contributed by atoms with Crippen LogP contribution in [-0.2, 0) is 9.84 Å². The van der Waals surface area contributed by atoms with E-state index in [4.69, 9.17) is 11.6 Å². The lowest BCUT2D eigenvalue weighted by molar-refractivity contribution is 0.502. The van der Waals surface area contributed by atoms with Crippen LogP contribution < -0.4 is 5.32 Å². The highest BCUT2D eigenvalue weighted by atomic mass is 35.5. The molecule has 0 spiro atoms. The van der Waals surface area contributed by atoms with E-state index in [9.17, 15) is 12.8 Å². The molecule has 1 aliphatic rings. The highest BCUT2D eigenvalue weighted by molar-refractivity contribution is 7.92. The number of hydrogen-bond donors (Lipinski definition) is 1. The lowest BCUT2D eigenvalue weighted by atomic mass is 10.1. The minimum Gasteiger partial charge on any atom is -0.308 e. The van der Waals surface area contributed by atoms with Crippen molar-refractivity contribution in [1.82, 2.24) is 5.32 Å². The van der Waals surface area contributed by atoms with Gasteiger partial charge in [-0.25, -0.2) is 12.8 Å². The summed E-state index contributed by atoms with van der Waals surface area (Å²) in [6.07, 6.45) is 0. The molecule has 2 rings (SSSR count). The van der Waals surface area contributed by atoms with Gasteiger partial charge in [0.1, 0.15) is 5.82 Å². The number of rotatable bonds is 1. The van der Waals surface area contributed by atoms with E-state index in [0.717, 1.165) is 0 Å². The lowest BCUT2D eigenvalue weighted by Crippen LogP contribution is -2.44. The molecule has 0 saturated carbocycles. The van der Waals surface area contributed by atoms with Gasteiger partial charge in [0.15, 0.2) is 9.84 Å². The van der Waals surface area contributed by atoms with Gasteiger partial charge in [-0.1, -0.05) is 17.7 Å². The minimum atomic E-state index is -3.10. The summed E-state index contributed by atoms with van der Waals surface area (Å²) in [5, 5.41) is 2.98. The van der Waals surface area contributed by atoms with Crippen LogP contribution in [0.1, 0.15) is 18.5 Å². The molecule has 1 aromatic carbocycles. The summed E-state index contributed by atoms with van der Waals surface area (Å²) < 4.78 is 36.5. The van der Waals surface area contributed by atoms with Crippen molar-refractivity contribution in [2.75, 3.05) is 12.3 Å². The zero-order chi connectivity index (χ0) is 12.6. The summed E-state index contributed by atoms with van der Waals surface area (Å²) in [5.41, 5.74) is 0.628. The SMILES string of the molecule is CC1CNC(c2ccc(F)cc2Cl)CS1(=O)=O.